The second kappa shape index (κ2) is 5.98. The molecule has 8 heteroatoms. The molecule has 21 heavy (non-hydrogen) atoms. The molecule has 1 amide bonds. The van der Waals surface area contributed by atoms with Gasteiger partial charge in [-0.15, -0.1) is 0 Å². The van der Waals surface area contributed by atoms with Crippen molar-refractivity contribution in [2.24, 2.45) is 0 Å². The number of piperazine rings is 1. The van der Waals surface area contributed by atoms with Crippen molar-refractivity contribution >= 4 is 21.7 Å². The fraction of sp³-hybridized carbons (Fsp3) is 0.538. The number of carbonyl (C=O) groups excluding carboxylic acids is 1. The molecule has 1 aromatic rings. The van der Waals surface area contributed by atoms with Gasteiger partial charge in [-0.2, -0.15) is 4.31 Å². The highest BCUT2D eigenvalue weighted by Gasteiger charge is 2.26. The lowest BCUT2D eigenvalue weighted by atomic mass is 10.1. The van der Waals surface area contributed by atoms with Crippen LogP contribution in [0.4, 0.5) is 5.82 Å². The molecule has 0 atom stereocenters. The van der Waals surface area contributed by atoms with Crippen LogP contribution in [-0.2, 0) is 16.4 Å². The summed E-state index contributed by atoms with van der Waals surface area (Å²) in [4.78, 5) is 18.2. The van der Waals surface area contributed by atoms with Crippen LogP contribution in [0.3, 0.4) is 0 Å². The van der Waals surface area contributed by atoms with Gasteiger partial charge in [-0.1, -0.05) is 6.92 Å². The van der Waals surface area contributed by atoms with Gasteiger partial charge >= 0.3 is 0 Å². The number of hydrogen-bond donors (Lipinski definition) is 1. The average molecular weight is 312 g/mol. The van der Waals surface area contributed by atoms with E-state index in [0.29, 0.717) is 44.0 Å². The van der Waals surface area contributed by atoms with Crippen molar-refractivity contribution in [3.05, 3.63) is 23.4 Å². The zero-order valence-corrected chi connectivity index (χ0v) is 13.1. The second-order valence-electron chi connectivity index (χ2n) is 5.08. The van der Waals surface area contributed by atoms with Crippen molar-refractivity contribution < 1.29 is 13.2 Å². The van der Waals surface area contributed by atoms with Crippen LogP contribution in [0.15, 0.2) is 12.1 Å². The summed E-state index contributed by atoms with van der Waals surface area (Å²) in [6.45, 7) is 3.36. The van der Waals surface area contributed by atoms with E-state index in [1.165, 1.54) is 10.6 Å². The number of aromatic nitrogens is 1. The molecule has 0 aliphatic carbocycles. The van der Waals surface area contributed by atoms with Crippen LogP contribution in [0.25, 0.3) is 0 Å². The van der Waals surface area contributed by atoms with E-state index in [1.807, 2.05) is 6.92 Å². The lowest BCUT2D eigenvalue weighted by molar-refractivity contribution is 0.0698. The molecule has 0 unspecified atom stereocenters. The summed E-state index contributed by atoms with van der Waals surface area (Å²) in [5.41, 5.74) is 6.99. The molecule has 0 saturated carbocycles. The molecule has 2 heterocycles. The average Bonchev–Trinajstić information content (AvgIpc) is 2.45. The molecular weight excluding hydrogens is 292 g/mol. The molecule has 1 fully saturated rings. The zero-order valence-electron chi connectivity index (χ0n) is 12.2. The topological polar surface area (TPSA) is 96.6 Å². The van der Waals surface area contributed by atoms with Crippen LogP contribution in [0.1, 0.15) is 23.0 Å². The third kappa shape index (κ3) is 3.70. The van der Waals surface area contributed by atoms with Crippen LogP contribution in [-0.4, -0.2) is 60.9 Å². The van der Waals surface area contributed by atoms with Gasteiger partial charge in [0.2, 0.25) is 10.0 Å². The van der Waals surface area contributed by atoms with Gasteiger partial charge < -0.3 is 10.6 Å². The first-order valence-electron chi connectivity index (χ1n) is 6.82. The maximum atomic E-state index is 12.5. The maximum absolute atomic E-state index is 12.5. The molecule has 1 aromatic heterocycles. The quantitative estimate of drug-likeness (QED) is 0.843. The number of aryl methyl sites for hydroxylation is 1. The summed E-state index contributed by atoms with van der Waals surface area (Å²) >= 11 is 0. The minimum Gasteiger partial charge on any atom is -0.384 e. The Morgan fingerprint density at radius 2 is 1.90 bits per heavy atom. The molecule has 1 saturated heterocycles. The molecule has 1 aliphatic rings. The summed E-state index contributed by atoms with van der Waals surface area (Å²) in [5.74, 6) is 0.194. The summed E-state index contributed by atoms with van der Waals surface area (Å²) in [6.07, 6.45) is 1.88. The zero-order chi connectivity index (χ0) is 15.6. The molecule has 0 aromatic carbocycles. The number of rotatable bonds is 3. The number of amides is 1. The lowest BCUT2D eigenvalue weighted by Gasteiger charge is -2.33. The van der Waals surface area contributed by atoms with Crippen molar-refractivity contribution in [1.29, 1.82) is 0 Å². The number of nitrogens with two attached hydrogens (primary N) is 1. The van der Waals surface area contributed by atoms with Crippen molar-refractivity contribution in [3.8, 4) is 0 Å². The first-order chi connectivity index (χ1) is 9.81. The number of anilines is 1. The van der Waals surface area contributed by atoms with Gasteiger partial charge in [-0.05, 0) is 18.6 Å². The Kier molecular flexibility index (Phi) is 4.48. The third-order valence-electron chi connectivity index (χ3n) is 3.50. The van der Waals surface area contributed by atoms with E-state index in [9.17, 15) is 13.2 Å². The summed E-state index contributed by atoms with van der Waals surface area (Å²) in [6, 6.07) is 3.30. The van der Waals surface area contributed by atoms with E-state index in [4.69, 9.17) is 5.73 Å². The second-order valence-corrected chi connectivity index (χ2v) is 7.06. The number of carbonyl (C=O) groups is 1. The van der Waals surface area contributed by atoms with Crippen molar-refractivity contribution in [2.75, 3.05) is 38.2 Å². The highest BCUT2D eigenvalue weighted by atomic mass is 32.2. The standard InChI is InChI=1S/C13H20N4O3S/c1-3-11-8-10(9-12(14)15-11)13(18)16-4-6-17(7-5-16)21(2,19)20/h8-9H,3-7H2,1-2H3,(H2,14,15). The molecular formula is C13H20N4O3S. The first kappa shape index (κ1) is 15.7. The number of nitrogen functional groups attached to an aromatic ring is 1. The Labute approximate surface area is 124 Å². The SMILES string of the molecule is CCc1cc(C(=O)N2CCN(S(C)(=O)=O)CC2)cc(N)n1. The molecule has 2 rings (SSSR count). The highest BCUT2D eigenvalue weighted by Crippen LogP contribution is 2.14. The molecule has 116 valence electrons. The van der Waals surface area contributed by atoms with E-state index in [0.717, 1.165) is 5.69 Å². The predicted octanol–water partition coefficient (Wildman–Crippen LogP) is -0.0564. The number of nitrogens with zero attached hydrogens (tertiary/aromatic N) is 3. The molecule has 0 bridgehead atoms. The highest BCUT2D eigenvalue weighted by molar-refractivity contribution is 7.88. The van der Waals surface area contributed by atoms with Gasteiger partial charge in [0.15, 0.2) is 0 Å². The Bertz CT molecular complexity index is 637. The molecule has 0 radical (unpaired) electrons. The monoisotopic (exact) mass is 312 g/mol. The van der Waals surface area contributed by atoms with Crippen molar-refractivity contribution in [3.63, 3.8) is 0 Å². The fourth-order valence-electron chi connectivity index (χ4n) is 2.32. The Hall–Kier alpha value is -1.67. The van der Waals surface area contributed by atoms with E-state index >= 15 is 0 Å². The summed E-state index contributed by atoms with van der Waals surface area (Å²) in [7, 11) is -3.19. The molecule has 1 aliphatic heterocycles. The smallest absolute Gasteiger partial charge is 0.254 e. The first-order valence-corrected chi connectivity index (χ1v) is 8.67. The molecule has 0 spiro atoms. The van der Waals surface area contributed by atoms with Gasteiger partial charge in [0.1, 0.15) is 5.82 Å². The van der Waals surface area contributed by atoms with Gasteiger partial charge in [0, 0.05) is 37.4 Å². The Morgan fingerprint density at radius 1 is 1.29 bits per heavy atom. The minimum absolute atomic E-state index is 0.132. The molecule has 7 nitrogen and oxygen atoms in total. The Balaban J connectivity index is 2.10. The predicted molar refractivity (Wildman–Crippen MR) is 80.3 cm³/mol. The van der Waals surface area contributed by atoms with Crippen LogP contribution in [0.2, 0.25) is 0 Å². The summed E-state index contributed by atoms with van der Waals surface area (Å²) < 4.78 is 24.3. The number of hydrogen-bond acceptors (Lipinski definition) is 5. The normalized spacial score (nSPS) is 17.0. The Morgan fingerprint density at radius 3 is 2.43 bits per heavy atom. The van der Waals surface area contributed by atoms with Gasteiger partial charge in [-0.3, -0.25) is 4.79 Å². The van der Waals surface area contributed by atoms with Crippen LogP contribution >= 0.6 is 0 Å². The van der Waals surface area contributed by atoms with E-state index < -0.39 is 10.0 Å². The van der Waals surface area contributed by atoms with Crippen molar-refractivity contribution in [1.82, 2.24) is 14.2 Å². The lowest BCUT2D eigenvalue weighted by Crippen LogP contribution is -2.50. The fourth-order valence-corrected chi connectivity index (χ4v) is 3.15. The van der Waals surface area contributed by atoms with E-state index in [1.54, 1.807) is 17.0 Å². The van der Waals surface area contributed by atoms with Crippen LogP contribution in [0.5, 0.6) is 0 Å². The maximum Gasteiger partial charge on any atom is 0.254 e. The van der Waals surface area contributed by atoms with E-state index in [2.05, 4.69) is 4.98 Å². The van der Waals surface area contributed by atoms with Crippen LogP contribution < -0.4 is 5.73 Å². The van der Waals surface area contributed by atoms with Gasteiger partial charge in [-0.25, -0.2) is 13.4 Å². The largest absolute Gasteiger partial charge is 0.384 e. The molecule has 2 N–H and O–H groups in total. The van der Waals surface area contributed by atoms with Crippen LogP contribution in [0, 0.1) is 0 Å². The third-order valence-corrected chi connectivity index (χ3v) is 4.81. The summed E-state index contributed by atoms with van der Waals surface area (Å²) in [5, 5.41) is 0. The van der Waals surface area contributed by atoms with Gasteiger partial charge in [0.25, 0.3) is 5.91 Å². The number of pyridine rings is 1. The van der Waals surface area contributed by atoms with Gasteiger partial charge in [0.05, 0.1) is 6.26 Å². The minimum atomic E-state index is -3.19. The van der Waals surface area contributed by atoms with E-state index in [-0.39, 0.29) is 5.91 Å². The van der Waals surface area contributed by atoms with Crippen molar-refractivity contribution in [2.45, 2.75) is 13.3 Å². The number of sulfonamides is 1.